The Morgan fingerprint density at radius 1 is 1.55 bits per heavy atom. The van der Waals surface area contributed by atoms with Gasteiger partial charge in [0.05, 0.1) is 26.7 Å². The number of halogens is 1. The maximum Gasteiger partial charge on any atom is 0.307 e. The van der Waals surface area contributed by atoms with E-state index in [0.717, 1.165) is 38.7 Å². The van der Waals surface area contributed by atoms with Crippen molar-refractivity contribution in [3.05, 3.63) is 0 Å². The average Bonchev–Trinajstić information content (AvgIpc) is 2.90. The molecule has 1 heterocycles. The Labute approximate surface area is 138 Å². The van der Waals surface area contributed by atoms with Crippen molar-refractivity contribution in [2.45, 2.75) is 19.8 Å². The fourth-order valence-electron chi connectivity index (χ4n) is 2.03. The molecule has 1 N–H and O–H groups in total. The van der Waals surface area contributed by atoms with Crippen molar-refractivity contribution in [3.8, 4) is 0 Å². The van der Waals surface area contributed by atoms with Crippen LogP contribution in [0.4, 0.5) is 0 Å². The van der Waals surface area contributed by atoms with E-state index in [1.54, 1.807) is 0 Å². The highest BCUT2D eigenvalue weighted by Crippen LogP contribution is 2.13. The molecule has 1 aliphatic heterocycles. The van der Waals surface area contributed by atoms with Gasteiger partial charge in [-0.25, -0.2) is 0 Å². The number of rotatable bonds is 6. The molecule has 0 amide bonds. The molecule has 1 aliphatic rings. The highest BCUT2D eigenvalue weighted by molar-refractivity contribution is 14.0. The maximum atomic E-state index is 11.1. The van der Waals surface area contributed by atoms with Crippen LogP contribution in [0, 0.1) is 5.92 Å². The van der Waals surface area contributed by atoms with Crippen molar-refractivity contribution in [1.29, 1.82) is 0 Å². The Hall–Kier alpha value is -0.570. The zero-order valence-corrected chi connectivity index (χ0v) is 14.9. The molecule has 1 rings (SSSR count). The largest absolute Gasteiger partial charge is 0.469 e. The first kappa shape index (κ1) is 19.4. The van der Waals surface area contributed by atoms with Crippen LogP contribution in [0.2, 0.25) is 0 Å². The van der Waals surface area contributed by atoms with Crippen LogP contribution in [0.25, 0.3) is 0 Å². The number of carbonyl (C=O) groups is 1. The van der Waals surface area contributed by atoms with Gasteiger partial charge in [-0.1, -0.05) is 0 Å². The summed E-state index contributed by atoms with van der Waals surface area (Å²) in [6.07, 6.45) is 1.41. The fraction of sp³-hybridized carbons (Fsp3) is 0.846. The van der Waals surface area contributed by atoms with Gasteiger partial charge >= 0.3 is 5.97 Å². The lowest BCUT2D eigenvalue weighted by atomic mass is 10.1. The molecule has 1 atom stereocenters. The number of hydrogen-bond acceptors (Lipinski definition) is 4. The number of guanidine groups is 1. The predicted molar refractivity (Wildman–Crippen MR) is 89.6 cm³/mol. The lowest BCUT2D eigenvalue weighted by Crippen LogP contribution is -2.41. The summed E-state index contributed by atoms with van der Waals surface area (Å²) in [6, 6.07) is 0. The Balaban J connectivity index is 0.00000361. The monoisotopic (exact) mass is 399 g/mol. The van der Waals surface area contributed by atoms with E-state index < -0.39 is 0 Å². The molecule has 0 aliphatic carbocycles. The molecule has 1 unspecified atom stereocenters. The van der Waals surface area contributed by atoms with Crippen LogP contribution in [0.5, 0.6) is 0 Å². The molecule has 118 valence electrons. The molecule has 6 nitrogen and oxygen atoms in total. The minimum absolute atomic E-state index is 0. The van der Waals surface area contributed by atoms with E-state index in [1.165, 1.54) is 7.11 Å². The normalized spacial score (nSPS) is 18.4. The summed E-state index contributed by atoms with van der Waals surface area (Å²) >= 11 is 0. The third-order valence-electron chi connectivity index (χ3n) is 3.06. The van der Waals surface area contributed by atoms with Crippen molar-refractivity contribution in [2.24, 2.45) is 10.9 Å². The van der Waals surface area contributed by atoms with Gasteiger partial charge in [0.15, 0.2) is 5.96 Å². The van der Waals surface area contributed by atoms with E-state index in [4.69, 9.17) is 4.74 Å². The summed E-state index contributed by atoms with van der Waals surface area (Å²) < 4.78 is 9.98. The van der Waals surface area contributed by atoms with Crippen LogP contribution in [-0.4, -0.2) is 63.8 Å². The van der Waals surface area contributed by atoms with Crippen molar-refractivity contribution in [2.75, 3.05) is 47.0 Å². The van der Waals surface area contributed by atoms with Crippen LogP contribution in [0.3, 0.4) is 0 Å². The van der Waals surface area contributed by atoms with Crippen molar-refractivity contribution >= 4 is 35.9 Å². The number of nitrogens with one attached hydrogen (secondary N) is 1. The Kier molecular flexibility index (Phi) is 10.8. The third kappa shape index (κ3) is 7.28. The second-order valence-electron chi connectivity index (χ2n) is 4.67. The van der Waals surface area contributed by atoms with Crippen LogP contribution >= 0.6 is 24.0 Å². The third-order valence-corrected chi connectivity index (χ3v) is 3.06. The van der Waals surface area contributed by atoms with Crippen LogP contribution < -0.4 is 5.32 Å². The Morgan fingerprint density at radius 3 is 2.85 bits per heavy atom. The van der Waals surface area contributed by atoms with E-state index in [9.17, 15) is 4.79 Å². The molecule has 7 heteroatoms. The second-order valence-corrected chi connectivity index (χ2v) is 4.67. The SMILES string of the molecule is CCNC(=NCCC(=O)OC)N(C)CC1CCOC1.I. The molecule has 1 saturated heterocycles. The number of methoxy groups -OCH3 is 1. The van der Waals surface area contributed by atoms with Gasteiger partial charge in [-0.2, -0.15) is 0 Å². The molecular formula is C13H26IN3O3. The fourth-order valence-corrected chi connectivity index (χ4v) is 2.03. The lowest BCUT2D eigenvalue weighted by molar-refractivity contribution is -0.140. The number of nitrogens with zero attached hydrogens (tertiary/aromatic N) is 2. The zero-order chi connectivity index (χ0) is 14.1. The number of esters is 1. The van der Waals surface area contributed by atoms with Crippen LogP contribution in [-0.2, 0) is 14.3 Å². The van der Waals surface area contributed by atoms with Gasteiger partial charge < -0.3 is 19.7 Å². The molecule has 0 saturated carbocycles. The average molecular weight is 399 g/mol. The molecule has 20 heavy (non-hydrogen) atoms. The lowest BCUT2D eigenvalue weighted by Gasteiger charge is -2.24. The van der Waals surface area contributed by atoms with Gasteiger partial charge in [-0.05, 0) is 13.3 Å². The summed E-state index contributed by atoms with van der Waals surface area (Å²) in [6.45, 7) is 5.88. The number of ether oxygens (including phenoxy) is 2. The number of hydrogen-bond donors (Lipinski definition) is 1. The van der Waals surface area contributed by atoms with E-state index >= 15 is 0 Å². The maximum absolute atomic E-state index is 11.1. The minimum atomic E-state index is -0.230. The van der Waals surface area contributed by atoms with Gasteiger partial charge in [-0.15, -0.1) is 24.0 Å². The molecule has 0 aromatic carbocycles. The summed E-state index contributed by atoms with van der Waals surface area (Å²) in [5, 5.41) is 3.23. The van der Waals surface area contributed by atoms with E-state index in [1.807, 2.05) is 14.0 Å². The molecule has 0 spiro atoms. The first-order chi connectivity index (χ1) is 9.17. The van der Waals surface area contributed by atoms with Gasteiger partial charge in [0.1, 0.15) is 0 Å². The van der Waals surface area contributed by atoms with Crippen molar-refractivity contribution < 1.29 is 14.3 Å². The first-order valence-corrected chi connectivity index (χ1v) is 6.81. The molecule has 0 radical (unpaired) electrons. The van der Waals surface area contributed by atoms with Crippen LogP contribution in [0.15, 0.2) is 4.99 Å². The zero-order valence-electron chi connectivity index (χ0n) is 12.6. The van der Waals surface area contributed by atoms with Gasteiger partial charge in [0.25, 0.3) is 0 Å². The summed E-state index contributed by atoms with van der Waals surface area (Å²) in [7, 11) is 3.40. The summed E-state index contributed by atoms with van der Waals surface area (Å²) in [5.74, 6) is 1.17. The Bertz CT molecular complexity index is 307. The smallest absolute Gasteiger partial charge is 0.307 e. The Morgan fingerprint density at radius 2 is 2.30 bits per heavy atom. The molecule has 0 aromatic rings. The van der Waals surface area contributed by atoms with E-state index in [-0.39, 0.29) is 29.9 Å². The minimum Gasteiger partial charge on any atom is -0.469 e. The van der Waals surface area contributed by atoms with E-state index in [0.29, 0.717) is 18.9 Å². The molecule has 0 aromatic heterocycles. The van der Waals surface area contributed by atoms with Gasteiger partial charge in [-0.3, -0.25) is 9.79 Å². The standard InChI is InChI=1S/C13H25N3O3.HI/c1-4-14-13(15-7-5-12(17)18-3)16(2)9-11-6-8-19-10-11;/h11H,4-10H2,1-3H3,(H,14,15);1H. The topological polar surface area (TPSA) is 63.2 Å². The number of carbonyl (C=O) groups excluding carboxylic acids is 1. The molecule has 1 fully saturated rings. The molecular weight excluding hydrogens is 373 g/mol. The molecule has 0 bridgehead atoms. The van der Waals surface area contributed by atoms with Gasteiger partial charge in [0.2, 0.25) is 0 Å². The van der Waals surface area contributed by atoms with Gasteiger partial charge in [0, 0.05) is 32.7 Å². The highest BCUT2D eigenvalue weighted by atomic mass is 127. The highest BCUT2D eigenvalue weighted by Gasteiger charge is 2.18. The van der Waals surface area contributed by atoms with Crippen molar-refractivity contribution in [1.82, 2.24) is 10.2 Å². The predicted octanol–water partition coefficient (Wildman–Crippen LogP) is 1.10. The summed E-state index contributed by atoms with van der Waals surface area (Å²) in [4.78, 5) is 17.6. The summed E-state index contributed by atoms with van der Waals surface area (Å²) in [5.41, 5.74) is 0. The van der Waals surface area contributed by atoms with Crippen molar-refractivity contribution in [3.63, 3.8) is 0 Å². The van der Waals surface area contributed by atoms with E-state index in [2.05, 4.69) is 19.9 Å². The number of aliphatic imine (C=N–C) groups is 1. The second kappa shape index (κ2) is 11.1. The van der Waals surface area contributed by atoms with Crippen LogP contribution in [0.1, 0.15) is 19.8 Å². The first-order valence-electron chi connectivity index (χ1n) is 6.81. The quantitative estimate of drug-likeness (QED) is 0.314.